The van der Waals surface area contributed by atoms with Crippen molar-refractivity contribution in [3.05, 3.63) is 23.4 Å². The van der Waals surface area contributed by atoms with Crippen LogP contribution in [-0.2, 0) is 9.53 Å². The summed E-state index contributed by atoms with van der Waals surface area (Å²) in [6, 6.07) is 0. The van der Waals surface area contributed by atoms with E-state index in [0.717, 1.165) is 12.8 Å². The minimum Gasteiger partial charge on any atom is -0.462 e. The summed E-state index contributed by atoms with van der Waals surface area (Å²) in [5, 5.41) is 0. The van der Waals surface area contributed by atoms with Crippen LogP contribution in [0.3, 0.4) is 0 Å². The van der Waals surface area contributed by atoms with Crippen LogP contribution in [-0.4, -0.2) is 12.6 Å². The summed E-state index contributed by atoms with van der Waals surface area (Å²) in [5.41, 5.74) is 7.21. The van der Waals surface area contributed by atoms with E-state index in [1.807, 2.05) is 12.2 Å². The van der Waals surface area contributed by atoms with Crippen LogP contribution in [0.1, 0.15) is 59.8 Å². The van der Waals surface area contributed by atoms with Crippen LogP contribution in [0.15, 0.2) is 23.4 Å². The van der Waals surface area contributed by atoms with E-state index in [2.05, 4.69) is 27.7 Å². The van der Waals surface area contributed by atoms with Gasteiger partial charge in [0.05, 0.1) is 12.2 Å². The molecule has 1 unspecified atom stereocenters. The van der Waals surface area contributed by atoms with Gasteiger partial charge in [-0.3, -0.25) is 0 Å². The molecule has 0 radical (unpaired) electrons. The van der Waals surface area contributed by atoms with E-state index < -0.39 is 0 Å². The number of nitrogens with two attached hydrogens (primary N) is 1. The number of allylic oxidation sites excluding steroid dienone is 2. The lowest BCUT2D eigenvalue weighted by Crippen LogP contribution is -2.23. The number of carbonyl (C=O) groups is 1. The van der Waals surface area contributed by atoms with Crippen molar-refractivity contribution >= 4 is 5.97 Å². The van der Waals surface area contributed by atoms with Crippen molar-refractivity contribution in [2.45, 2.75) is 59.8 Å². The number of esters is 1. The maximum absolute atomic E-state index is 12.1. The van der Waals surface area contributed by atoms with Crippen LogP contribution in [0.4, 0.5) is 0 Å². The fourth-order valence-electron chi connectivity index (χ4n) is 2.43. The first-order valence-electron chi connectivity index (χ1n) is 7.74. The molecule has 1 rings (SSSR count). The molecule has 1 atom stereocenters. The molecule has 3 heteroatoms. The zero-order chi connectivity index (χ0) is 15.2. The largest absolute Gasteiger partial charge is 0.462 e. The predicted octanol–water partition coefficient (Wildman–Crippen LogP) is 3.94. The second-order valence-corrected chi connectivity index (χ2v) is 6.45. The van der Waals surface area contributed by atoms with Gasteiger partial charge in [-0.25, -0.2) is 4.79 Å². The van der Waals surface area contributed by atoms with Crippen molar-refractivity contribution in [2.75, 3.05) is 6.61 Å². The Kier molecular flexibility index (Phi) is 6.31. The third-order valence-corrected chi connectivity index (χ3v) is 3.91. The number of ether oxygens (including phenoxy) is 1. The number of rotatable bonds is 7. The molecule has 1 aliphatic rings. The number of carbonyl (C=O) groups excluding carboxylic acids is 1. The molecule has 3 nitrogen and oxygen atoms in total. The standard InChI is InChI=1S/C17H29NO2/c1-5-7-8-13(6-2)12-20-16(19)14-9-10-17(3,4)11-15(14)18/h9-10,13H,5-8,11-12,18H2,1-4H3. The highest BCUT2D eigenvalue weighted by molar-refractivity contribution is 5.92. The van der Waals surface area contributed by atoms with E-state index in [9.17, 15) is 4.79 Å². The molecule has 20 heavy (non-hydrogen) atoms. The van der Waals surface area contributed by atoms with Gasteiger partial charge in [0.1, 0.15) is 0 Å². The first-order valence-corrected chi connectivity index (χ1v) is 7.74. The van der Waals surface area contributed by atoms with Gasteiger partial charge in [0.25, 0.3) is 0 Å². The van der Waals surface area contributed by atoms with Crippen LogP contribution in [0.25, 0.3) is 0 Å². The Morgan fingerprint density at radius 2 is 2.15 bits per heavy atom. The van der Waals surface area contributed by atoms with Crippen LogP contribution < -0.4 is 5.73 Å². The molecule has 0 aliphatic heterocycles. The third-order valence-electron chi connectivity index (χ3n) is 3.91. The second-order valence-electron chi connectivity index (χ2n) is 6.45. The Labute approximate surface area is 123 Å². The van der Waals surface area contributed by atoms with Gasteiger partial charge in [-0.05, 0) is 30.3 Å². The smallest absolute Gasteiger partial charge is 0.339 e. The van der Waals surface area contributed by atoms with Crippen molar-refractivity contribution in [3.8, 4) is 0 Å². The van der Waals surface area contributed by atoms with E-state index in [0.29, 0.717) is 30.2 Å². The molecular weight excluding hydrogens is 250 g/mol. The lowest BCUT2D eigenvalue weighted by atomic mass is 9.82. The normalized spacial score (nSPS) is 19.0. The highest BCUT2D eigenvalue weighted by Gasteiger charge is 2.25. The van der Waals surface area contributed by atoms with Gasteiger partial charge in [-0.15, -0.1) is 0 Å². The van der Waals surface area contributed by atoms with Crippen molar-refractivity contribution in [2.24, 2.45) is 17.1 Å². The summed E-state index contributed by atoms with van der Waals surface area (Å²) in [6.07, 6.45) is 9.10. The molecule has 0 saturated heterocycles. The van der Waals surface area contributed by atoms with Gasteiger partial charge < -0.3 is 10.5 Å². The van der Waals surface area contributed by atoms with E-state index >= 15 is 0 Å². The Balaban J connectivity index is 2.53. The lowest BCUT2D eigenvalue weighted by molar-refractivity contribution is -0.140. The molecule has 0 aromatic carbocycles. The molecule has 0 aromatic heterocycles. The minimum absolute atomic E-state index is 0.0287. The van der Waals surface area contributed by atoms with Gasteiger partial charge in [-0.2, -0.15) is 0 Å². The molecule has 0 heterocycles. The molecule has 0 fully saturated rings. The third kappa shape index (κ3) is 5.03. The van der Waals surface area contributed by atoms with E-state index in [1.165, 1.54) is 12.8 Å². The van der Waals surface area contributed by atoms with Crippen LogP contribution in [0.5, 0.6) is 0 Å². The Morgan fingerprint density at radius 1 is 1.45 bits per heavy atom. The predicted molar refractivity (Wildman–Crippen MR) is 83.0 cm³/mol. The summed E-state index contributed by atoms with van der Waals surface area (Å²) in [6.45, 7) is 9.04. The van der Waals surface area contributed by atoms with Gasteiger partial charge in [0.15, 0.2) is 0 Å². The summed E-state index contributed by atoms with van der Waals surface area (Å²) in [7, 11) is 0. The highest BCUT2D eigenvalue weighted by atomic mass is 16.5. The summed E-state index contributed by atoms with van der Waals surface area (Å²) in [4.78, 5) is 12.1. The molecular formula is C17H29NO2. The molecule has 0 bridgehead atoms. The Bertz CT molecular complexity index is 394. The molecule has 2 N–H and O–H groups in total. The molecule has 0 saturated carbocycles. The average molecular weight is 279 g/mol. The van der Waals surface area contributed by atoms with Gasteiger partial charge in [0, 0.05) is 5.70 Å². The van der Waals surface area contributed by atoms with Gasteiger partial charge >= 0.3 is 5.97 Å². The maximum Gasteiger partial charge on any atom is 0.339 e. The van der Waals surface area contributed by atoms with Crippen LogP contribution >= 0.6 is 0 Å². The monoisotopic (exact) mass is 279 g/mol. The van der Waals surface area contributed by atoms with Gasteiger partial charge in [-0.1, -0.05) is 53.0 Å². The Hall–Kier alpha value is -1.25. The van der Waals surface area contributed by atoms with E-state index in [1.54, 1.807) is 0 Å². The Morgan fingerprint density at radius 3 is 2.70 bits per heavy atom. The van der Waals surface area contributed by atoms with Crippen molar-refractivity contribution < 1.29 is 9.53 Å². The first-order chi connectivity index (χ1) is 9.39. The second kappa shape index (κ2) is 7.51. The van der Waals surface area contributed by atoms with E-state index in [4.69, 9.17) is 10.5 Å². The maximum atomic E-state index is 12.1. The van der Waals surface area contributed by atoms with Crippen molar-refractivity contribution in [3.63, 3.8) is 0 Å². The lowest BCUT2D eigenvalue weighted by Gasteiger charge is -2.25. The van der Waals surface area contributed by atoms with Crippen molar-refractivity contribution in [1.29, 1.82) is 0 Å². The quantitative estimate of drug-likeness (QED) is 0.718. The molecule has 0 amide bonds. The number of hydrogen-bond acceptors (Lipinski definition) is 3. The fourth-order valence-corrected chi connectivity index (χ4v) is 2.43. The van der Waals surface area contributed by atoms with Crippen molar-refractivity contribution in [1.82, 2.24) is 0 Å². The van der Waals surface area contributed by atoms with Crippen LogP contribution in [0, 0.1) is 11.3 Å². The number of unbranched alkanes of at least 4 members (excludes halogenated alkanes) is 1. The molecule has 114 valence electrons. The number of hydrogen-bond donors (Lipinski definition) is 1. The van der Waals surface area contributed by atoms with Crippen LogP contribution in [0.2, 0.25) is 0 Å². The first kappa shape index (κ1) is 16.8. The molecule has 0 aromatic rings. The topological polar surface area (TPSA) is 52.3 Å². The summed E-state index contributed by atoms with van der Waals surface area (Å²) in [5.74, 6) is 0.189. The summed E-state index contributed by atoms with van der Waals surface area (Å²) < 4.78 is 5.44. The molecule has 0 spiro atoms. The van der Waals surface area contributed by atoms with E-state index in [-0.39, 0.29) is 11.4 Å². The zero-order valence-electron chi connectivity index (χ0n) is 13.4. The average Bonchev–Trinajstić information content (AvgIpc) is 2.37. The SMILES string of the molecule is CCCCC(CC)COC(=O)C1=C(N)CC(C)(C)C=C1. The highest BCUT2D eigenvalue weighted by Crippen LogP contribution is 2.31. The molecule has 1 aliphatic carbocycles. The minimum atomic E-state index is -0.274. The summed E-state index contributed by atoms with van der Waals surface area (Å²) >= 11 is 0. The fraction of sp³-hybridized carbons (Fsp3) is 0.706. The zero-order valence-corrected chi connectivity index (χ0v) is 13.4. The van der Waals surface area contributed by atoms with Gasteiger partial charge in [0.2, 0.25) is 0 Å².